The first kappa shape index (κ1) is 15.1. The molecule has 4 nitrogen and oxygen atoms in total. The van der Waals surface area contributed by atoms with Crippen molar-refractivity contribution in [3.63, 3.8) is 0 Å². The van der Waals surface area contributed by atoms with E-state index < -0.39 is 22.9 Å². The zero-order valence-corrected chi connectivity index (χ0v) is 11.9. The predicted octanol–water partition coefficient (Wildman–Crippen LogP) is 1.85. The molecule has 100 valence electrons. The van der Waals surface area contributed by atoms with Gasteiger partial charge in [0.1, 0.15) is 0 Å². The normalized spacial score (nSPS) is 14.3. The van der Waals surface area contributed by atoms with Gasteiger partial charge in [-0.3, -0.25) is 9.52 Å². The molecular weight excluding hydrogens is 272 g/mol. The second-order valence-electron chi connectivity index (χ2n) is 4.40. The van der Waals surface area contributed by atoms with Crippen LogP contribution < -0.4 is 10.5 Å². The van der Waals surface area contributed by atoms with Crippen molar-refractivity contribution in [2.45, 2.75) is 31.2 Å². The van der Waals surface area contributed by atoms with Gasteiger partial charge in [0.25, 0.3) is 0 Å². The molecule has 0 saturated heterocycles. The Morgan fingerprint density at radius 1 is 1.44 bits per heavy atom. The van der Waals surface area contributed by atoms with Crippen LogP contribution in [-0.2, 0) is 15.8 Å². The van der Waals surface area contributed by atoms with E-state index in [1.165, 1.54) is 0 Å². The molecule has 0 aliphatic rings. The maximum Gasteiger partial charge on any atom is 0.248 e. The average Bonchev–Trinajstić information content (AvgIpc) is 2.28. The van der Waals surface area contributed by atoms with Crippen LogP contribution in [0.5, 0.6) is 0 Å². The highest BCUT2D eigenvalue weighted by atomic mass is 35.5. The monoisotopic (exact) mass is 288 g/mol. The molecule has 2 atom stereocenters. The number of nitrogens with one attached hydrogen (secondary N) is 1. The fraction of sp³-hybridized carbons (Fsp3) is 0.417. The van der Waals surface area contributed by atoms with Gasteiger partial charge in [-0.15, -0.1) is 0 Å². The lowest BCUT2D eigenvalue weighted by Gasteiger charge is -2.13. The molecule has 1 aromatic rings. The van der Waals surface area contributed by atoms with Gasteiger partial charge in [-0.2, -0.15) is 0 Å². The summed E-state index contributed by atoms with van der Waals surface area (Å²) < 4.78 is 14.3. The first-order valence-electron chi connectivity index (χ1n) is 5.64. The first-order valence-corrected chi connectivity index (χ1v) is 7.17. The number of amides is 1. The molecule has 1 amide bonds. The van der Waals surface area contributed by atoms with Crippen LogP contribution in [0.2, 0.25) is 5.02 Å². The molecule has 2 unspecified atom stereocenters. The summed E-state index contributed by atoms with van der Waals surface area (Å²) in [6.07, 6.45) is 0.547. The Bertz CT molecular complexity index is 451. The molecule has 1 aromatic carbocycles. The van der Waals surface area contributed by atoms with Crippen molar-refractivity contribution < 1.29 is 9.00 Å². The minimum atomic E-state index is -1.67. The Morgan fingerprint density at radius 3 is 2.61 bits per heavy atom. The third-order valence-corrected chi connectivity index (χ3v) is 3.88. The Hall–Kier alpha value is -0.910. The molecule has 0 fully saturated rings. The van der Waals surface area contributed by atoms with Gasteiger partial charge in [-0.25, -0.2) is 4.21 Å². The van der Waals surface area contributed by atoms with Gasteiger partial charge in [0, 0.05) is 0 Å². The summed E-state index contributed by atoms with van der Waals surface area (Å²) in [7, 11) is -1.67. The van der Waals surface area contributed by atoms with Crippen LogP contribution in [0.15, 0.2) is 29.2 Å². The highest BCUT2D eigenvalue weighted by Crippen LogP contribution is 2.17. The summed E-state index contributed by atoms with van der Waals surface area (Å²) in [5, 5.41) is 0.355. The van der Waals surface area contributed by atoms with Crippen molar-refractivity contribution in [2.24, 2.45) is 11.7 Å². The molecule has 0 saturated carbocycles. The Balaban J connectivity index is 2.66. The van der Waals surface area contributed by atoms with Gasteiger partial charge in [0.15, 0.2) is 11.0 Å². The van der Waals surface area contributed by atoms with E-state index in [4.69, 9.17) is 17.3 Å². The SMILES string of the molecule is CC(C)CC(N)C(=O)NS(=O)c1ccccc1Cl. The zero-order valence-electron chi connectivity index (χ0n) is 10.4. The lowest BCUT2D eigenvalue weighted by Crippen LogP contribution is -2.42. The standard InChI is InChI=1S/C12H17ClN2O2S/c1-8(2)7-10(14)12(16)15-18(17)11-6-4-3-5-9(11)13/h3-6,8,10H,7,14H2,1-2H3,(H,15,16). The van der Waals surface area contributed by atoms with Crippen molar-refractivity contribution >= 4 is 28.5 Å². The number of benzene rings is 1. The van der Waals surface area contributed by atoms with E-state index in [1.54, 1.807) is 24.3 Å². The molecular formula is C12H17ClN2O2S. The number of carbonyl (C=O) groups excluding carboxylic acids is 1. The number of rotatable bonds is 5. The molecule has 3 N–H and O–H groups in total. The molecule has 0 aliphatic heterocycles. The molecule has 6 heteroatoms. The van der Waals surface area contributed by atoms with E-state index in [0.29, 0.717) is 22.3 Å². The topological polar surface area (TPSA) is 72.2 Å². The van der Waals surface area contributed by atoms with Crippen LogP contribution in [0.25, 0.3) is 0 Å². The van der Waals surface area contributed by atoms with Gasteiger partial charge >= 0.3 is 0 Å². The minimum absolute atomic E-state index is 0.305. The summed E-state index contributed by atoms with van der Waals surface area (Å²) >= 11 is 5.89. The summed E-state index contributed by atoms with van der Waals surface area (Å²) in [5.74, 6) is -0.124. The van der Waals surface area contributed by atoms with Gasteiger partial charge in [-0.05, 0) is 24.5 Å². The van der Waals surface area contributed by atoms with Crippen molar-refractivity contribution in [1.82, 2.24) is 4.72 Å². The van der Waals surface area contributed by atoms with Crippen molar-refractivity contribution in [3.8, 4) is 0 Å². The largest absolute Gasteiger partial charge is 0.320 e. The van der Waals surface area contributed by atoms with E-state index in [1.807, 2.05) is 13.8 Å². The fourth-order valence-electron chi connectivity index (χ4n) is 1.43. The molecule has 0 aliphatic carbocycles. The van der Waals surface area contributed by atoms with E-state index in [0.717, 1.165) is 0 Å². The molecule has 0 spiro atoms. The maximum atomic E-state index is 11.9. The van der Waals surface area contributed by atoms with E-state index in [9.17, 15) is 9.00 Å². The lowest BCUT2D eigenvalue weighted by atomic mass is 10.0. The molecule has 0 heterocycles. The zero-order chi connectivity index (χ0) is 13.7. The lowest BCUT2D eigenvalue weighted by molar-refractivity contribution is -0.120. The second kappa shape index (κ2) is 6.87. The number of nitrogens with two attached hydrogens (primary N) is 1. The summed E-state index contributed by atoms with van der Waals surface area (Å²) in [4.78, 5) is 12.1. The van der Waals surface area contributed by atoms with Gasteiger partial charge in [0.05, 0.1) is 16.0 Å². The van der Waals surface area contributed by atoms with Crippen LogP contribution in [0.1, 0.15) is 20.3 Å². The quantitative estimate of drug-likeness (QED) is 0.868. The number of halogens is 1. The predicted molar refractivity (Wildman–Crippen MR) is 73.4 cm³/mol. The smallest absolute Gasteiger partial charge is 0.248 e. The van der Waals surface area contributed by atoms with Gasteiger partial charge < -0.3 is 5.73 Å². The molecule has 1 rings (SSSR count). The van der Waals surface area contributed by atoms with Gasteiger partial charge in [0.2, 0.25) is 5.91 Å². The van der Waals surface area contributed by atoms with Crippen LogP contribution in [0.4, 0.5) is 0 Å². The molecule has 18 heavy (non-hydrogen) atoms. The third kappa shape index (κ3) is 4.40. The van der Waals surface area contributed by atoms with Crippen molar-refractivity contribution in [2.75, 3.05) is 0 Å². The first-order chi connectivity index (χ1) is 8.41. The molecule has 0 bridgehead atoms. The summed E-state index contributed by atoms with van der Waals surface area (Å²) in [6.45, 7) is 3.94. The van der Waals surface area contributed by atoms with Crippen molar-refractivity contribution in [3.05, 3.63) is 29.3 Å². The van der Waals surface area contributed by atoms with E-state index >= 15 is 0 Å². The maximum absolute atomic E-state index is 11.9. The number of hydrogen-bond donors (Lipinski definition) is 2. The summed E-state index contributed by atoms with van der Waals surface area (Å²) in [6, 6.07) is 6.01. The van der Waals surface area contributed by atoms with Crippen LogP contribution in [0, 0.1) is 5.92 Å². The highest BCUT2D eigenvalue weighted by molar-refractivity contribution is 7.83. The van der Waals surface area contributed by atoms with Crippen LogP contribution >= 0.6 is 11.6 Å². The molecule has 0 aromatic heterocycles. The van der Waals surface area contributed by atoms with E-state index in [2.05, 4.69) is 4.72 Å². The van der Waals surface area contributed by atoms with Crippen LogP contribution in [-0.4, -0.2) is 16.2 Å². The Labute approximate surface area is 114 Å². The Morgan fingerprint density at radius 2 is 2.06 bits per heavy atom. The third-order valence-electron chi connectivity index (χ3n) is 2.29. The number of carbonyl (C=O) groups is 1. The van der Waals surface area contributed by atoms with E-state index in [-0.39, 0.29) is 0 Å². The number of hydrogen-bond acceptors (Lipinski definition) is 3. The highest BCUT2D eigenvalue weighted by Gasteiger charge is 2.18. The second-order valence-corrected chi connectivity index (χ2v) is 5.99. The fourth-order valence-corrected chi connectivity index (χ4v) is 2.67. The van der Waals surface area contributed by atoms with Gasteiger partial charge in [-0.1, -0.05) is 37.6 Å². The Kier molecular flexibility index (Phi) is 5.78. The summed E-state index contributed by atoms with van der Waals surface area (Å²) in [5.41, 5.74) is 5.70. The average molecular weight is 289 g/mol. The van der Waals surface area contributed by atoms with Crippen molar-refractivity contribution in [1.29, 1.82) is 0 Å². The van der Waals surface area contributed by atoms with Crippen LogP contribution in [0.3, 0.4) is 0 Å². The molecule has 0 radical (unpaired) electrons. The minimum Gasteiger partial charge on any atom is -0.320 e.